The Morgan fingerprint density at radius 3 is 2.70 bits per heavy atom. The molecule has 0 aliphatic carbocycles. The third kappa shape index (κ3) is 7.51. The standard InChI is InChI=1S/C23H39N4O.C2H6/c1-7-9-10-11-18(3)16-22-25-23(27-14-15-28-17-19(27)4)20(5)21(26(22)6)12-13-24-8-2;1-2/h7,9-11,18-19,24H,8,12-17H2,1-6H3;1-2H3/q+1;/b9-7-,11-10-;. The van der Waals surface area contributed by atoms with Crippen LogP contribution in [0, 0.1) is 12.8 Å². The highest BCUT2D eigenvalue weighted by molar-refractivity contribution is 5.48. The SMILES string of the molecule is C/C=C\C=C/C(C)Cc1nc(N2CCOCC2C)c(C)c(CCNCC)[n+]1C.CC. The second-order valence-electron chi connectivity index (χ2n) is 7.80. The molecule has 1 saturated heterocycles. The molecule has 2 unspecified atom stereocenters. The first kappa shape index (κ1) is 26.3. The molecular weight excluding hydrogens is 372 g/mol. The minimum atomic E-state index is 0.356. The minimum Gasteiger partial charge on any atom is -0.377 e. The number of nitrogens with one attached hydrogen (secondary N) is 1. The summed E-state index contributed by atoms with van der Waals surface area (Å²) in [5.41, 5.74) is 2.68. The van der Waals surface area contributed by atoms with Crippen molar-refractivity contribution < 1.29 is 9.30 Å². The smallest absolute Gasteiger partial charge is 0.301 e. The predicted octanol–water partition coefficient (Wildman–Crippen LogP) is 3.93. The van der Waals surface area contributed by atoms with E-state index in [0.29, 0.717) is 12.0 Å². The predicted molar refractivity (Wildman–Crippen MR) is 128 cm³/mol. The maximum atomic E-state index is 5.66. The Labute approximate surface area is 185 Å². The lowest BCUT2D eigenvalue weighted by Gasteiger charge is -2.33. The lowest BCUT2D eigenvalue weighted by Crippen LogP contribution is -2.48. The Morgan fingerprint density at radius 1 is 1.33 bits per heavy atom. The zero-order valence-corrected chi connectivity index (χ0v) is 20.7. The molecule has 1 N–H and O–H groups in total. The van der Waals surface area contributed by atoms with Crippen molar-refractivity contribution in [2.45, 2.75) is 67.3 Å². The number of likely N-dealkylation sites (N-methyl/N-ethyl adjacent to an activating group) is 1. The van der Waals surface area contributed by atoms with Crippen molar-refractivity contribution in [1.82, 2.24) is 10.3 Å². The zero-order chi connectivity index (χ0) is 22.5. The lowest BCUT2D eigenvalue weighted by molar-refractivity contribution is -0.690. The van der Waals surface area contributed by atoms with Crippen molar-refractivity contribution in [1.29, 1.82) is 0 Å². The normalized spacial score (nSPS) is 18.0. The van der Waals surface area contributed by atoms with E-state index >= 15 is 0 Å². The maximum Gasteiger partial charge on any atom is 0.301 e. The topological polar surface area (TPSA) is 41.3 Å². The number of allylic oxidation sites excluding steroid dienone is 4. The van der Waals surface area contributed by atoms with E-state index < -0.39 is 0 Å². The van der Waals surface area contributed by atoms with E-state index in [2.05, 4.69) is 73.8 Å². The third-order valence-corrected chi connectivity index (χ3v) is 5.47. The molecule has 1 aliphatic heterocycles. The Morgan fingerprint density at radius 2 is 2.07 bits per heavy atom. The molecule has 1 aromatic rings. The van der Waals surface area contributed by atoms with Gasteiger partial charge in [-0.25, -0.2) is 4.57 Å². The van der Waals surface area contributed by atoms with Crippen LogP contribution in [0.2, 0.25) is 0 Å². The molecule has 1 fully saturated rings. The summed E-state index contributed by atoms with van der Waals surface area (Å²) in [5, 5.41) is 3.47. The largest absolute Gasteiger partial charge is 0.377 e. The van der Waals surface area contributed by atoms with Gasteiger partial charge in [-0.1, -0.05) is 52.0 Å². The molecule has 0 radical (unpaired) electrons. The van der Waals surface area contributed by atoms with Crippen LogP contribution in [0.15, 0.2) is 24.3 Å². The molecule has 0 bridgehead atoms. The van der Waals surface area contributed by atoms with Crippen molar-refractivity contribution in [2.24, 2.45) is 13.0 Å². The molecule has 30 heavy (non-hydrogen) atoms. The zero-order valence-electron chi connectivity index (χ0n) is 20.7. The van der Waals surface area contributed by atoms with Gasteiger partial charge in [0.2, 0.25) is 5.82 Å². The van der Waals surface area contributed by atoms with Gasteiger partial charge in [0.25, 0.3) is 0 Å². The number of rotatable bonds is 9. The van der Waals surface area contributed by atoms with E-state index in [1.54, 1.807) is 0 Å². The fourth-order valence-corrected chi connectivity index (χ4v) is 3.78. The third-order valence-electron chi connectivity index (χ3n) is 5.47. The Hall–Kier alpha value is -1.72. The van der Waals surface area contributed by atoms with Crippen LogP contribution in [-0.2, 0) is 24.6 Å². The van der Waals surface area contributed by atoms with Crippen LogP contribution in [0.3, 0.4) is 0 Å². The first-order chi connectivity index (χ1) is 14.5. The van der Waals surface area contributed by atoms with E-state index in [1.165, 1.54) is 11.3 Å². The summed E-state index contributed by atoms with van der Waals surface area (Å²) in [6.07, 6.45) is 10.5. The molecule has 2 rings (SSSR count). The number of aromatic nitrogens is 2. The highest BCUT2D eigenvalue weighted by Gasteiger charge is 2.30. The number of hydrogen-bond donors (Lipinski definition) is 1. The first-order valence-electron chi connectivity index (χ1n) is 11.7. The average Bonchev–Trinajstić information content (AvgIpc) is 2.75. The van der Waals surface area contributed by atoms with Gasteiger partial charge < -0.3 is 15.0 Å². The van der Waals surface area contributed by atoms with Crippen molar-refractivity contribution >= 4 is 5.82 Å². The van der Waals surface area contributed by atoms with Crippen molar-refractivity contribution in [3.63, 3.8) is 0 Å². The highest BCUT2D eigenvalue weighted by atomic mass is 16.5. The molecule has 0 aromatic carbocycles. The molecule has 2 atom stereocenters. The van der Waals surface area contributed by atoms with Gasteiger partial charge in [0.05, 0.1) is 38.3 Å². The van der Waals surface area contributed by atoms with Crippen molar-refractivity contribution in [3.05, 3.63) is 41.4 Å². The number of morpholine rings is 1. The number of ether oxygens (including phenoxy) is 1. The Balaban J connectivity index is 0.00000218. The summed E-state index contributed by atoms with van der Waals surface area (Å²) < 4.78 is 7.98. The van der Waals surface area contributed by atoms with Gasteiger partial charge >= 0.3 is 5.82 Å². The summed E-state index contributed by atoms with van der Waals surface area (Å²) in [6, 6.07) is 0.356. The van der Waals surface area contributed by atoms with Gasteiger partial charge in [-0.15, -0.1) is 0 Å². The molecule has 5 nitrogen and oxygen atoms in total. The van der Waals surface area contributed by atoms with Gasteiger partial charge in [0.15, 0.2) is 0 Å². The molecular formula is C25H45N4O+. The number of hydrogen-bond acceptors (Lipinski definition) is 4. The van der Waals surface area contributed by atoms with Crippen LogP contribution in [0.25, 0.3) is 0 Å². The van der Waals surface area contributed by atoms with Gasteiger partial charge in [-0.3, -0.25) is 0 Å². The second-order valence-corrected chi connectivity index (χ2v) is 7.80. The second kappa shape index (κ2) is 14.3. The van der Waals surface area contributed by atoms with E-state index in [1.807, 2.05) is 20.8 Å². The molecule has 0 saturated carbocycles. The van der Waals surface area contributed by atoms with Gasteiger partial charge in [0.1, 0.15) is 5.69 Å². The molecule has 0 spiro atoms. The highest BCUT2D eigenvalue weighted by Crippen LogP contribution is 2.24. The van der Waals surface area contributed by atoms with Crippen LogP contribution < -0.4 is 14.8 Å². The Kier molecular flexibility index (Phi) is 12.6. The summed E-state index contributed by atoms with van der Waals surface area (Å²) in [5.74, 6) is 2.73. The summed E-state index contributed by atoms with van der Waals surface area (Å²) in [4.78, 5) is 7.59. The van der Waals surface area contributed by atoms with Crippen molar-refractivity contribution in [3.8, 4) is 0 Å². The van der Waals surface area contributed by atoms with E-state index in [-0.39, 0.29) is 0 Å². The first-order valence-corrected chi connectivity index (χ1v) is 11.7. The van der Waals surface area contributed by atoms with E-state index in [4.69, 9.17) is 9.72 Å². The van der Waals surface area contributed by atoms with Gasteiger partial charge in [-0.2, -0.15) is 0 Å². The van der Waals surface area contributed by atoms with Gasteiger partial charge in [-0.05, 0) is 38.2 Å². The summed E-state index contributed by atoms with van der Waals surface area (Å²) in [6.45, 7) is 19.4. The van der Waals surface area contributed by atoms with Crippen molar-refractivity contribution in [2.75, 3.05) is 37.7 Å². The molecule has 0 amide bonds. The fourth-order valence-electron chi connectivity index (χ4n) is 3.78. The Bertz CT molecular complexity index is 684. The van der Waals surface area contributed by atoms with E-state index in [9.17, 15) is 0 Å². The molecule has 1 aromatic heterocycles. The quantitative estimate of drug-likeness (QED) is 0.375. The molecule has 1 aliphatic rings. The molecule has 170 valence electrons. The van der Waals surface area contributed by atoms with Crippen LogP contribution >= 0.6 is 0 Å². The lowest BCUT2D eigenvalue weighted by atomic mass is 10.0. The maximum absolute atomic E-state index is 5.66. The van der Waals surface area contributed by atoms with Gasteiger partial charge in [0, 0.05) is 19.5 Å². The fraction of sp³-hybridized carbons (Fsp3) is 0.680. The summed E-state index contributed by atoms with van der Waals surface area (Å²) >= 11 is 0. The molecule has 2 heterocycles. The van der Waals surface area contributed by atoms with Crippen LogP contribution in [-0.4, -0.2) is 43.9 Å². The number of anilines is 1. The van der Waals surface area contributed by atoms with Crippen LogP contribution in [0.5, 0.6) is 0 Å². The minimum absolute atomic E-state index is 0.356. The molecule has 5 heteroatoms. The average molecular weight is 418 g/mol. The van der Waals surface area contributed by atoms with Crippen LogP contribution in [0.1, 0.15) is 58.6 Å². The number of nitrogens with zero attached hydrogens (tertiary/aromatic N) is 3. The van der Waals surface area contributed by atoms with E-state index in [0.717, 1.165) is 57.3 Å². The summed E-state index contributed by atoms with van der Waals surface area (Å²) in [7, 11) is 2.17. The monoisotopic (exact) mass is 417 g/mol. The van der Waals surface area contributed by atoms with Crippen LogP contribution in [0.4, 0.5) is 5.82 Å².